The molecule has 4 heteroatoms. The van der Waals surface area contributed by atoms with Crippen LogP contribution < -0.4 is 4.90 Å². The zero-order valence-electron chi connectivity index (χ0n) is 10.1. The van der Waals surface area contributed by atoms with Gasteiger partial charge in [0.25, 0.3) is 5.91 Å². The summed E-state index contributed by atoms with van der Waals surface area (Å²) < 4.78 is 5.05. The molecule has 1 amide bonds. The van der Waals surface area contributed by atoms with E-state index in [1.54, 1.807) is 11.8 Å². The van der Waals surface area contributed by atoms with E-state index in [-0.39, 0.29) is 5.91 Å². The van der Waals surface area contributed by atoms with Crippen LogP contribution in [0.2, 0.25) is 0 Å². The highest BCUT2D eigenvalue weighted by molar-refractivity contribution is 5.97. The van der Waals surface area contributed by atoms with Crippen LogP contribution in [-0.4, -0.2) is 30.8 Å². The highest BCUT2D eigenvalue weighted by Gasteiger charge is 2.29. The molecule has 2 atom stereocenters. The summed E-state index contributed by atoms with van der Waals surface area (Å²) in [6, 6.07) is 7.46. The SMILES string of the molecule is COC(C)C(=O)N1CCC(O)c2ccccc21. The number of rotatable bonds is 2. The van der Waals surface area contributed by atoms with Gasteiger partial charge in [0.15, 0.2) is 0 Å². The zero-order valence-corrected chi connectivity index (χ0v) is 10.1. The number of anilines is 1. The number of nitrogens with zero attached hydrogens (tertiary/aromatic N) is 1. The van der Waals surface area contributed by atoms with Crippen molar-refractivity contribution in [2.45, 2.75) is 25.6 Å². The molecule has 0 bridgehead atoms. The Labute approximate surface area is 101 Å². The van der Waals surface area contributed by atoms with Gasteiger partial charge in [-0.3, -0.25) is 4.79 Å². The lowest BCUT2D eigenvalue weighted by Gasteiger charge is -2.33. The van der Waals surface area contributed by atoms with E-state index in [9.17, 15) is 9.90 Å². The molecule has 1 aromatic carbocycles. The minimum Gasteiger partial charge on any atom is -0.388 e. The van der Waals surface area contributed by atoms with Crippen molar-refractivity contribution in [1.29, 1.82) is 0 Å². The van der Waals surface area contributed by atoms with Gasteiger partial charge in [0.1, 0.15) is 6.10 Å². The summed E-state index contributed by atoms with van der Waals surface area (Å²) in [5.74, 6) is -0.0631. The van der Waals surface area contributed by atoms with Gasteiger partial charge in [0, 0.05) is 24.9 Å². The smallest absolute Gasteiger partial charge is 0.255 e. The average Bonchev–Trinajstić information content (AvgIpc) is 2.38. The van der Waals surface area contributed by atoms with Crippen LogP contribution in [0.1, 0.15) is 25.0 Å². The van der Waals surface area contributed by atoms with Crippen molar-refractivity contribution in [2.75, 3.05) is 18.6 Å². The lowest BCUT2D eigenvalue weighted by atomic mass is 9.98. The van der Waals surface area contributed by atoms with Crippen LogP contribution in [0.15, 0.2) is 24.3 Å². The summed E-state index contributed by atoms with van der Waals surface area (Å²) in [4.78, 5) is 13.8. The molecule has 0 spiro atoms. The van der Waals surface area contributed by atoms with E-state index < -0.39 is 12.2 Å². The van der Waals surface area contributed by atoms with Crippen LogP contribution in [0.5, 0.6) is 0 Å². The second-order valence-corrected chi connectivity index (χ2v) is 4.23. The molecule has 2 rings (SSSR count). The lowest BCUT2D eigenvalue weighted by Crippen LogP contribution is -2.42. The van der Waals surface area contributed by atoms with Gasteiger partial charge < -0.3 is 14.7 Å². The molecular weight excluding hydrogens is 218 g/mol. The second-order valence-electron chi connectivity index (χ2n) is 4.23. The van der Waals surface area contributed by atoms with Gasteiger partial charge in [-0.15, -0.1) is 0 Å². The summed E-state index contributed by atoms with van der Waals surface area (Å²) in [6.07, 6.45) is -0.370. The molecule has 1 aromatic rings. The van der Waals surface area contributed by atoms with Crippen molar-refractivity contribution in [3.8, 4) is 0 Å². The van der Waals surface area contributed by atoms with Gasteiger partial charge in [-0.1, -0.05) is 18.2 Å². The van der Waals surface area contributed by atoms with Crippen molar-refractivity contribution >= 4 is 11.6 Å². The Hall–Kier alpha value is -1.39. The van der Waals surface area contributed by atoms with Crippen LogP contribution in [0.4, 0.5) is 5.69 Å². The number of fused-ring (bicyclic) bond motifs is 1. The van der Waals surface area contributed by atoms with Gasteiger partial charge in [-0.2, -0.15) is 0 Å². The highest BCUT2D eigenvalue weighted by atomic mass is 16.5. The third kappa shape index (κ3) is 2.18. The fraction of sp³-hybridized carbons (Fsp3) is 0.462. The van der Waals surface area contributed by atoms with Crippen LogP contribution in [0, 0.1) is 0 Å². The summed E-state index contributed by atoms with van der Waals surface area (Å²) >= 11 is 0. The van der Waals surface area contributed by atoms with E-state index >= 15 is 0 Å². The van der Waals surface area contributed by atoms with Crippen LogP contribution in [-0.2, 0) is 9.53 Å². The highest BCUT2D eigenvalue weighted by Crippen LogP contribution is 2.33. The first-order valence-corrected chi connectivity index (χ1v) is 5.76. The van der Waals surface area contributed by atoms with Gasteiger partial charge in [0.05, 0.1) is 6.10 Å². The van der Waals surface area contributed by atoms with E-state index in [1.165, 1.54) is 7.11 Å². The lowest BCUT2D eigenvalue weighted by molar-refractivity contribution is -0.127. The Balaban J connectivity index is 2.33. The van der Waals surface area contributed by atoms with Crippen LogP contribution in [0.3, 0.4) is 0 Å². The van der Waals surface area contributed by atoms with E-state index in [0.717, 1.165) is 11.3 Å². The summed E-state index contributed by atoms with van der Waals surface area (Å²) in [5.41, 5.74) is 1.61. The quantitative estimate of drug-likeness (QED) is 0.845. The molecule has 2 unspecified atom stereocenters. The minimum atomic E-state index is -0.479. The molecule has 1 N–H and O–H groups in total. The van der Waals surface area contributed by atoms with Gasteiger partial charge in [0.2, 0.25) is 0 Å². The summed E-state index contributed by atoms with van der Waals surface area (Å²) in [7, 11) is 1.52. The largest absolute Gasteiger partial charge is 0.388 e. The van der Waals surface area contributed by atoms with Crippen LogP contribution in [0.25, 0.3) is 0 Å². The Kier molecular flexibility index (Phi) is 3.45. The van der Waals surface area contributed by atoms with Gasteiger partial charge in [-0.25, -0.2) is 0 Å². The van der Waals surface area contributed by atoms with E-state index in [1.807, 2.05) is 24.3 Å². The fourth-order valence-corrected chi connectivity index (χ4v) is 2.09. The fourth-order valence-electron chi connectivity index (χ4n) is 2.09. The number of carbonyl (C=O) groups is 1. The molecule has 1 heterocycles. The molecular formula is C13H17NO3. The number of hydrogen-bond acceptors (Lipinski definition) is 3. The van der Waals surface area contributed by atoms with E-state index in [0.29, 0.717) is 13.0 Å². The van der Waals surface area contributed by atoms with Crippen molar-refractivity contribution in [2.24, 2.45) is 0 Å². The topological polar surface area (TPSA) is 49.8 Å². The van der Waals surface area contributed by atoms with E-state index in [4.69, 9.17) is 4.74 Å². The van der Waals surface area contributed by atoms with Crippen molar-refractivity contribution in [3.63, 3.8) is 0 Å². The first-order chi connectivity index (χ1) is 8.15. The molecule has 0 saturated carbocycles. The first kappa shape index (κ1) is 12.1. The standard InChI is InChI=1S/C13H17NO3/c1-9(17-2)13(16)14-8-7-12(15)10-5-3-4-6-11(10)14/h3-6,9,12,15H,7-8H2,1-2H3. The Morgan fingerprint density at radius 3 is 2.94 bits per heavy atom. The molecule has 92 valence electrons. The molecule has 0 aliphatic carbocycles. The predicted molar refractivity (Wildman–Crippen MR) is 64.8 cm³/mol. The third-order valence-electron chi connectivity index (χ3n) is 3.18. The number of ether oxygens (including phenoxy) is 1. The maximum atomic E-state index is 12.1. The molecule has 1 aliphatic heterocycles. The van der Waals surface area contributed by atoms with Gasteiger partial charge in [-0.05, 0) is 19.4 Å². The van der Waals surface area contributed by atoms with Crippen molar-refractivity contribution < 1.29 is 14.6 Å². The van der Waals surface area contributed by atoms with E-state index in [2.05, 4.69) is 0 Å². The van der Waals surface area contributed by atoms with Crippen LogP contribution >= 0.6 is 0 Å². The maximum absolute atomic E-state index is 12.1. The molecule has 0 fully saturated rings. The zero-order chi connectivity index (χ0) is 12.4. The molecule has 0 radical (unpaired) electrons. The molecule has 0 saturated heterocycles. The maximum Gasteiger partial charge on any atom is 0.255 e. The molecule has 4 nitrogen and oxygen atoms in total. The average molecular weight is 235 g/mol. The number of benzene rings is 1. The first-order valence-electron chi connectivity index (χ1n) is 5.76. The minimum absolute atomic E-state index is 0.0631. The molecule has 0 aromatic heterocycles. The Bertz CT molecular complexity index is 419. The number of amides is 1. The van der Waals surface area contributed by atoms with Gasteiger partial charge >= 0.3 is 0 Å². The second kappa shape index (κ2) is 4.85. The number of aliphatic hydroxyl groups excluding tert-OH is 1. The number of hydrogen-bond donors (Lipinski definition) is 1. The Morgan fingerprint density at radius 1 is 1.53 bits per heavy atom. The molecule has 17 heavy (non-hydrogen) atoms. The predicted octanol–water partition coefficient (Wildman–Crippen LogP) is 1.49. The molecule has 1 aliphatic rings. The monoisotopic (exact) mass is 235 g/mol. The number of para-hydroxylation sites is 1. The number of methoxy groups -OCH3 is 1. The summed E-state index contributed by atoms with van der Waals surface area (Å²) in [6.45, 7) is 2.26. The van der Waals surface area contributed by atoms with Crippen molar-refractivity contribution in [3.05, 3.63) is 29.8 Å². The third-order valence-corrected chi connectivity index (χ3v) is 3.18. The normalized spacial score (nSPS) is 20.9. The number of aliphatic hydroxyl groups is 1. The van der Waals surface area contributed by atoms with Crippen molar-refractivity contribution in [1.82, 2.24) is 0 Å². The number of carbonyl (C=O) groups excluding carboxylic acids is 1. The Morgan fingerprint density at radius 2 is 2.24 bits per heavy atom. The summed E-state index contributed by atoms with van der Waals surface area (Å²) in [5, 5.41) is 9.89.